The van der Waals surface area contributed by atoms with E-state index in [0.717, 1.165) is 35.5 Å². The number of thiazole rings is 1. The highest BCUT2D eigenvalue weighted by Crippen LogP contribution is 2.27. The minimum absolute atomic E-state index is 0.158. The van der Waals surface area contributed by atoms with Crippen molar-refractivity contribution in [2.75, 3.05) is 27.3 Å². The Hall–Kier alpha value is -2.28. The first-order valence-electron chi connectivity index (χ1n) is 8.75. The van der Waals surface area contributed by atoms with Crippen LogP contribution >= 0.6 is 11.3 Å². The molecular formula is C19H27N3O3S. The van der Waals surface area contributed by atoms with Gasteiger partial charge in [-0.3, -0.25) is 0 Å². The molecule has 26 heavy (non-hydrogen) atoms. The molecule has 2 aromatic rings. The summed E-state index contributed by atoms with van der Waals surface area (Å²) in [6.07, 6.45) is 2.43. The van der Waals surface area contributed by atoms with Crippen LogP contribution in [0.25, 0.3) is 0 Å². The van der Waals surface area contributed by atoms with Crippen LogP contribution in [0.5, 0.6) is 11.5 Å². The molecule has 1 heterocycles. The van der Waals surface area contributed by atoms with Crippen molar-refractivity contribution >= 4 is 17.4 Å². The largest absolute Gasteiger partial charge is 0.493 e. The molecule has 0 atom stereocenters. The van der Waals surface area contributed by atoms with Crippen LogP contribution in [0.3, 0.4) is 0 Å². The van der Waals surface area contributed by atoms with Crippen LogP contribution in [0, 0.1) is 6.92 Å². The first-order valence-corrected chi connectivity index (χ1v) is 9.56. The smallest absolute Gasteiger partial charge is 0.314 e. The summed E-state index contributed by atoms with van der Waals surface area (Å²) in [5.41, 5.74) is 2.23. The first kappa shape index (κ1) is 20.0. The molecule has 2 rings (SSSR count). The van der Waals surface area contributed by atoms with Gasteiger partial charge in [0, 0.05) is 24.4 Å². The molecule has 7 heteroatoms. The van der Waals surface area contributed by atoms with Crippen molar-refractivity contribution in [3.8, 4) is 11.5 Å². The third-order valence-electron chi connectivity index (χ3n) is 4.04. The third kappa shape index (κ3) is 5.62. The number of urea groups is 1. The molecule has 0 unspecified atom stereocenters. The summed E-state index contributed by atoms with van der Waals surface area (Å²) < 4.78 is 10.5. The molecule has 0 bridgehead atoms. The zero-order valence-electron chi connectivity index (χ0n) is 15.8. The maximum atomic E-state index is 11.9. The Morgan fingerprint density at radius 3 is 2.42 bits per heavy atom. The number of benzene rings is 1. The maximum absolute atomic E-state index is 11.9. The molecule has 0 fully saturated rings. The van der Waals surface area contributed by atoms with Gasteiger partial charge in [0.25, 0.3) is 0 Å². The van der Waals surface area contributed by atoms with E-state index in [2.05, 4.69) is 29.5 Å². The Labute approximate surface area is 158 Å². The zero-order chi connectivity index (χ0) is 18.9. The fourth-order valence-electron chi connectivity index (χ4n) is 2.62. The van der Waals surface area contributed by atoms with Gasteiger partial charge in [0.1, 0.15) is 0 Å². The summed E-state index contributed by atoms with van der Waals surface area (Å²) in [7, 11) is 3.22. The van der Waals surface area contributed by atoms with E-state index >= 15 is 0 Å². The maximum Gasteiger partial charge on any atom is 0.314 e. The summed E-state index contributed by atoms with van der Waals surface area (Å²) in [6, 6.07) is 5.61. The topological polar surface area (TPSA) is 72.5 Å². The van der Waals surface area contributed by atoms with Gasteiger partial charge in [-0.25, -0.2) is 9.78 Å². The number of hydrogen-bond acceptors (Lipinski definition) is 5. The monoisotopic (exact) mass is 377 g/mol. The second-order valence-corrected chi connectivity index (χ2v) is 7.12. The number of aromatic nitrogens is 1. The van der Waals surface area contributed by atoms with Crippen LogP contribution in [-0.4, -0.2) is 38.3 Å². The molecule has 0 aliphatic rings. The molecule has 0 aliphatic heterocycles. The average molecular weight is 378 g/mol. The van der Waals surface area contributed by atoms with Crippen molar-refractivity contribution in [3.05, 3.63) is 39.3 Å². The average Bonchev–Trinajstić information content (AvgIpc) is 3.01. The minimum atomic E-state index is -0.158. The Morgan fingerprint density at radius 2 is 1.81 bits per heavy atom. The lowest BCUT2D eigenvalue weighted by molar-refractivity contribution is 0.241. The van der Waals surface area contributed by atoms with Gasteiger partial charge >= 0.3 is 6.03 Å². The van der Waals surface area contributed by atoms with Crippen LogP contribution < -0.4 is 20.1 Å². The van der Waals surface area contributed by atoms with Crippen molar-refractivity contribution in [1.29, 1.82) is 0 Å². The van der Waals surface area contributed by atoms with Crippen LogP contribution in [0.15, 0.2) is 18.2 Å². The fraction of sp³-hybridized carbons (Fsp3) is 0.474. The molecule has 1 aromatic carbocycles. The molecule has 1 aromatic heterocycles. The number of carbonyl (C=O) groups excluding carboxylic acids is 1. The highest BCUT2D eigenvalue weighted by atomic mass is 32.1. The SMILES string of the molecule is CCc1nc(CCNC(=O)NCCc2ccc(OC)c(OC)c2)sc1C. The van der Waals surface area contributed by atoms with Gasteiger partial charge in [0.15, 0.2) is 11.5 Å². The number of ether oxygens (including phenoxy) is 2. The van der Waals surface area contributed by atoms with Gasteiger partial charge in [-0.2, -0.15) is 0 Å². The van der Waals surface area contributed by atoms with E-state index in [-0.39, 0.29) is 6.03 Å². The van der Waals surface area contributed by atoms with Crippen molar-refractivity contribution in [3.63, 3.8) is 0 Å². The van der Waals surface area contributed by atoms with E-state index in [1.165, 1.54) is 4.88 Å². The van der Waals surface area contributed by atoms with Crippen LogP contribution in [0.2, 0.25) is 0 Å². The fourth-order valence-corrected chi connectivity index (χ4v) is 3.65. The standard InChI is InChI=1S/C19H27N3O3S/c1-5-15-13(2)26-18(22-15)9-11-21-19(23)20-10-8-14-6-7-16(24-3)17(12-14)25-4/h6-7,12H,5,8-11H2,1-4H3,(H2,20,21,23). The molecule has 0 saturated heterocycles. The van der Waals surface area contributed by atoms with Crippen molar-refractivity contribution in [1.82, 2.24) is 15.6 Å². The molecule has 0 aliphatic carbocycles. The quantitative estimate of drug-likeness (QED) is 0.704. The lowest BCUT2D eigenvalue weighted by Gasteiger charge is -2.10. The minimum Gasteiger partial charge on any atom is -0.493 e. The summed E-state index contributed by atoms with van der Waals surface area (Å²) in [5, 5.41) is 6.82. The number of amides is 2. The lowest BCUT2D eigenvalue weighted by atomic mass is 10.1. The number of rotatable bonds is 9. The Kier molecular flexibility index (Phi) is 7.72. The van der Waals surface area contributed by atoms with E-state index < -0.39 is 0 Å². The van der Waals surface area contributed by atoms with Crippen LogP contribution in [0.4, 0.5) is 4.79 Å². The van der Waals surface area contributed by atoms with Gasteiger partial charge < -0.3 is 20.1 Å². The highest BCUT2D eigenvalue weighted by Gasteiger charge is 2.07. The molecule has 2 N–H and O–H groups in total. The van der Waals surface area contributed by atoms with Crippen LogP contribution in [-0.2, 0) is 19.3 Å². The Bertz CT molecular complexity index is 731. The number of nitrogens with one attached hydrogen (secondary N) is 2. The Morgan fingerprint density at radius 1 is 1.12 bits per heavy atom. The van der Waals surface area contributed by atoms with E-state index in [1.807, 2.05) is 18.2 Å². The molecule has 142 valence electrons. The van der Waals surface area contributed by atoms with Crippen molar-refractivity contribution in [2.45, 2.75) is 33.1 Å². The van der Waals surface area contributed by atoms with E-state index in [9.17, 15) is 4.79 Å². The van der Waals surface area contributed by atoms with E-state index in [4.69, 9.17) is 9.47 Å². The second-order valence-electron chi connectivity index (χ2n) is 5.84. The summed E-state index contributed by atoms with van der Waals surface area (Å²) in [6.45, 7) is 5.33. The summed E-state index contributed by atoms with van der Waals surface area (Å²) in [4.78, 5) is 17.7. The molecule has 2 amide bonds. The predicted octanol–water partition coefficient (Wildman–Crippen LogP) is 3.12. The predicted molar refractivity (Wildman–Crippen MR) is 105 cm³/mol. The number of hydrogen-bond donors (Lipinski definition) is 2. The van der Waals surface area contributed by atoms with Crippen molar-refractivity contribution in [2.24, 2.45) is 0 Å². The zero-order valence-corrected chi connectivity index (χ0v) is 16.7. The van der Waals surface area contributed by atoms with E-state index in [1.54, 1.807) is 25.6 Å². The number of nitrogens with zero attached hydrogens (tertiary/aromatic N) is 1. The Balaban J connectivity index is 1.70. The normalized spacial score (nSPS) is 10.5. The molecule has 0 radical (unpaired) electrons. The third-order valence-corrected chi connectivity index (χ3v) is 5.12. The first-order chi connectivity index (χ1) is 12.6. The second kappa shape index (κ2) is 10.0. The van der Waals surface area contributed by atoms with Gasteiger partial charge in [-0.05, 0) is 37.5 Å². The molecule has 6 nitrogen and oxygen atoms in total. The van der Waals surface area contributed by atoms with Crippen LogP contribution in [0.1, 0.15) is 28.1 Å². The van der Waals surface area contributed by atoms with Gasteiger partial charge in [0.05, 0.1) is 24.9 Å². The summed E-state index contributed by atoms with van der Waals surface area (Å²) in [5.74, 6) is 1.39. The van der Waals surface area contributed by atoms with Crippen molar-refractivity contribution < 1.29 is 14.3 Å². The molecule has 0 spiro atoms. The van der Waals surface area contributed by atoms with Gasteiger partial charge in [0.2, 0.25) is 0 Å². The summed E-state index contributed by atoms with van der Waals surface area (Å²) >= 11 is 1.71. The van der Waals surface area contributed by atoms with Gasteiger partial charge in [-0.1, -0.05) is 13.0 Å². The van der Waals surface area contributed by atoms with Gasteiger partial charge in [-0.15, -0.1) is 11.3 Å². The van der Waals surface area contributed by atoms with E-state index in [0.29, 0.717) is 24.6 Å². The number of carbonyl (C=O) groups is 1. The highest BCUT2D eigenvalue weighted by molar-refractivity contribution is 7.11. The molecular weight excluding hydrogens is 350 g/mol. The number of methoxy groups -OCH3 is 2. The number of aryl methyl sites for hydroxylation is 2. The molecule has 0 saturated carbocycles. The lowest BCUT2D eigenvalue weighted by Crippen LogP contribution is -2.37.